The Hall–Kier alpha value is -0.900. The number of hydrogen-bond donors (Lipinski definition) is 1. The summed E-state index contributed by atoms with van der Waals surface area (Å²) in [5, 5.41) is 3.84. The van der Waals surface area contributed by atoms with E-state index >= 15 is 0 Å². The van der Waals surface area contributed by atoms with E-state index in [0.717, 1.165) is 18.9 Å². The molecule has 4 rings (SSSR count). The van der Waals surface area contributed by atoms with Gasteiger partial charge in [0.1, 0.15) is 0 Å². The molecule has 3 heteroatoms. The number of methoxy groups -OCH3 is 1. The molecule has 1 aliphatic heterocycles. The molecule has 1 radical (unpaired) electrons. The smallest absolute Gasteiger partial charge is 0.0700 e. The van der Waals surface area contributed by atoms with Crippen LogP contribution in [0, 0.1) is 12.0 Å². The van der Waals surface area contributed by atoms with Gasteiger partial charge in [0.05, 0.1) is 19.8 Å². The number of hydrogen-bond acceptors (Lipinski definition) is 3. The van der Waals surface area contributed by atoms with Gasteiger partial charge in [0.25, 0.3) is 0 Å². The van der Waals surface area contributed by atoms with Crippen molar-refractivity contribution in [2.75, 3.05) is 33.5 Å². The molecule has 0 spiro atoms. The molecule has 24 heavy (non-hydrogen) atoms. The first-order valence-electron chi connectivity index (χ1n) is 9.67. The summed E-state index contributed by atoms with van der Waals surface area (Å²) in [7, 11) is 1.72. The van der Waals surface area contributed by atoms with Gasteiger partial charge in [-0.05, 0) is 67.3 Å². The summed E-state index contributed by atoms with van der Waals surface area (Å²) >= 11 is 0. The summed E-state index contributed by atoms with van der Waals surface area (Å²) in [5.41, 5.74) is 5.14. The molecule has 2 aliphatic carbocycles. The maximum absolute atomic E-state index is 5.71. The molecule has 131 valence electrons. The molecule has 1 N–H and O–H groups in total. The Labute approximate surface area is 146 Å². The van der Waals surface area contributed by atoms with Crippen LogP contribution in [0.5, 0.6) is 0 Å². The molecule has 3 unspecified atom stereocenters. The summed E-state index contributed by atoms with van der Waals surface area (Å²) in [4.78, 5) is 0. The van der Waals surface area contributed by atoms with Gasteiger partial charge in [0, 0.05) is 18.6 Å². The van der Waals surface area contributed by atoms with Crippen molar-refractivity contribution in [3.8, 4) is 0 Å². The highest BCUT2D eigenvalue weighted by atomic mass is 16.5. The minimum atomic E-state index is 0.436. The first-order valence-corrected chi connectivity index (χ1v) is 9.67. The average Bonchev–Trinajstić information content (AvgIpc) is 2.62. The Morgan fingerprint density at radius 3 is 3.08 bits per heavy atom. The Morgan fingerprint density at radius 1 is 1.21 bits per heavy atom. The molecule has 3 aliphatic rings. The Balaban J connectivity index is 1.58. The molecule has 1 heterocycles. The van der Waals surface area contributed by atoms with Gasteiger partial charge in [0.2, 0.25) is 0 Å². The van der Waals surface area contributed by atoms with E-state index in [1.807, 2.05) is 0 Å². The van der Waals surface area contributed by atoms with Crippen molar-refractivity contribution in [3.05, 3.63) is 34.9 Å². The second kappa shape index (κ2) is 7.15. The van der Waals surface area contributed by atoms with Crippen LogP contribution in [0.25, 0.3) is 0 Å². The summed E-state index contributed by atoms with van der Waals surface area (Å²) in [6.07, 6.45) is 9.10. The summed E-state index contributed by atoms with van der Waals surface area (Å²) in [5.74, 6) is 0.842. The van der Waals surface area contributed by atoms with E-state index in [-0.39, 0.29) is 0 Å². The number of rotatable bonds is 6. The molecule has 1 saturated heterocycles. The lowest BCUT2D eigenvalue weighted by Gasteiger charge is -2.56. The highest BCUT2D eigenvalue weighted by molar-refractivity contribution is 5.45. The lowest BCUT2D eigenvalue weighted by Crippen LogP contribution is -2.59. The zero-order valence-corrected chi connectivity index (χ0v) is 14.9. The number of ether oxygens (including phenoxy) is 2. The van der Waals surface area contributed by atoms with Crippen LogP contribution >= 0.6 is 0 Å². The van der Waals surface area contributed by atoms with Crippen LogP contribution in [0.3, 0.4) is 0 Å². The third-order valence-corrected chi connectivity index (χ3v) is 6.67. The van der Waals surface area contributed by atoms with Crippen LogP contribution in [0.1, 0.15) is 48.8 Å². The number of piperidine rings is 1. The van der Waals surface area contributed by atoms with Crippen LogP contribution in [0.2, 0.25) is 0 Å². The quantitative estimate of drug-likeness (QED) is 0.814. The third kappa shape index (κ3) is 2.81. The predicted octanol–water partition coefficient (Wildman–Crippen LogP) is 3.04. The standard InChI is InChI=1S/C21H30NO2/c1-23-13-14-24-12-8-16-5-4-7-18-17(16)15-20-19-6-2-3-9-21(18,19)10-11-22-20/h5,7,19-20,22H,2-3,6,8-15H2,1H3. The van der Waals surface area contributed by atoms with Gasteiger partial charge in [-0.15, -0.1) is 0 Å². The molecule has 1 aromatic carbocycles. The van der Waals surface area contributed by atoms with Crippen LogP contribution in [0.4, 0.5) is 0 Å². The Morgan fingerprint density at radius 2 is 2.17 bits per heavy atom. The van der Waals surface area contributed by atoms with E-state index in [2.05, 4.69) is 23.5 Å². The highest BCUT2D eigenvalue weighted by Gasteiger charge is 2.51. The van der Waals surface area contributed by atoms with E-state index in [0.29, 0.717) is 24.7 Å². The molecule has 2 fully saturated rings. The predicted molar refractivity (Wildman–Crippen MR) is 95.4 cm³/mol. The second-order valence-corrected chi connectivity index (χ2v) is 7.75. The third-order valence-electron chi connectivity index (χ3n) is 6.67. The second-order valence-electron chi connectivity index (χ2n) is 7.75. The SMILES string of the molecule is COCCOCCc1c[c]cc2c1CC1NCCC23CCCCC13. The Kier molecular flexibility index (Phi) is 4.93. The minimum Gasteiger partial charge on any atom is -0.382 e. The Bertz CT molecular complexity index is 569. The van der Waals surface area contributed by atoms with Gasteiger partial charge in [-0.3, -0.25) is 0 Å². The van der Waals surface area contributed by atoms with Crippen molar-refractivity contribution >= 4 is 0 Å². The average molecular weight is 328 g/mol. The molecule has 3 atom stereocenters. The highest BCUT2D eigenvalue weighted by Crippen LogP contribution is 2.54. The van der Waals surface area contributed by atoms with Gasteiger partial charge in [-0.2, -0.15) is 0 Å². The fourth-order valence-electron chi connectivity index (χ4n) is 5.60. The molecular weight excluding hydrogens is 298 g/mol. The number of fused-ring (bicyclic) bond motifs is 1. The van der Waals surface area contributed by atoms with Crippen LogP contribution < -0.4 is 5.32 Å². The van der Waals surface area contributed by atoms with E-state index in [4.69, 9.17) is 9.47 Å². The molecule has 1 saturated carbocycles. The maximum Gasteiger partial charge on any atom is 0.0700 e. The van der Waals surface area contributed by atoms with E-state index in [1.165, 1.54) is 50.6 Å². The molecule has 0 aromatic heterocycles. The van der Waals surface area contributed by atoms with Crippen LogP contribution in [-0.2, 0) is 27.7 Å². The van der Waals surface area contributed by atoms with Crippen LogP contribution in [-0.4, -0.2) is 39.5 Å². The molecular formula is C21H30NO2. The fourth-order valence-corrected chi connectivity index (χ4v) is 5.60. The largest absolute Gasteiger partial charge is 0.382 e. The lowest BCUT2D eigenvalue weighted by atomic mass is 9.52. The maximum atomic E-state index is 5.71. The van der Waals surface area contributed by atoms with Crippen LogP contribution in [0.15, 0.2) is 12.1 Å². The topological polar surface area (TPSA) is 30.5 Å². The van der Waals surface area contributed by atoms with Crippen molar-refractivity contribution in [2.24, 2.45) is 5.92 Å². The molecule has 1 aromatic rings. The van der Waals surface area contributed by atoms with Crippen molar-refractivity contribution in [2.45, 2.75) is 56.4 Å². The lowest BCUT2D eigenvalue weighted by molar-refractivity contribution is 0.0707. The fraction of sp³-hybridized carbons (Fsp3) is 0.714. The van der Waals surface area contributed by atoms with Gasteiger partial charge in [-0.25, -0.2) is 0 Å². The molecule has 2 bridgehead atoms. The van der Waals surface area contributed by atoms with Gasteiger partial charge in [-0.1, -0.05) is 25.0 Å². The monoisotopic (exact) mass is 328 g/mol. The van der Waals surface area contributed by atoms with Crippen molar-refractivity contribution < 1.29 is 9.47 Å². The van der Waals surface area contributed by atoms with E-state index < -0.39 is 0 Å². The summed E-state index contributed by atoms with van der Waals surface area (Å²) in [6.45, 7) is 3.33. The minimum absolute atomic E-state index is 0.436. The van der Waals surface area contributed by atoms with E-state index in [9.17, 15) is 0 Å². The van der Waals surface area contributed by atoms with Crippen molar-refractivity contribution in [1.82, 2.24) is 5.32 Å². The zero-order valence-electron chi connectivity index (χ0n) is 14.9. The first-order chi connectivity index (χ1) is 11.8. The number of nitrogens with one attached hydrogen (secondary N) is 1. The normalized spacial score (nSPS) is 31.4. The van der Waals surface area contributed by atoms with Crippen molar-refractivity contribution in [1.29, 1.82) is 0 Å². The van der Waals surface area contributed by atoms with Crippen molar-refractivity contribution in [3.63, 3.8) is 0 Å². The van der Waals surface area contributed by atoms with Gasteiger partial charge < -0.3 is 14.8 Å². The van der Waals surface area contributed by atoms with Gasteiger partial charge in [0.15, 0.2) is 0 Å². The zero-order chi connectivity index (χ0) is 16.4. The summed E-state index contributed by atoms with van der Waals surface area (Å²) < 4.78 is 10.8. The van der Waals surface area contributed by atoms with Gasteiger partial charge >= 0.3 is 0 Å². The molecule has 3 nitrogen and oxygen atoms in total. The summed E-state index contributed by atoms with van der Waals surface area (Å²) in [6, 6.07) is 8.68. The van der Waals surface area contributed by atoms with E-state index in [1.54, 1.807) is 18.2 Å². The first kappa shape index (κ1) is 16.6. The molecule has 0 amide bonds. The number of benzene rings is 1.